The molecule has 1 heterocycles. The Labute approximate surface area is 147 Å². The van der Waals surface area contributed by atoms with Gasteiger partial charge in [-0.05, 0) is 41.7 Å². The Kier molecular flexibility index (Phi) is 3.68. The first-order chi connectivity index (χ1) is 11.6. The number of fused-ring (bicyclic) bond motifs is 3. The van der Waals surface area contributed by atoms with E-state index in [-0.39, 0.29) is 29.3 Å². The highest BCUT2D eigenvalue weighted by Crippen LogP contribution is 2.51. The number of anilines is 1. The predicted octanol–water partition coefficient (Wildman–Crippen LogP) is 5.11. The van der Waals surface area contributed by atoms with E-state index in [0.717, 1.165) is 12.0 Å². The Balaban J connectivity index is 1.86. The van der Waals surface area contributed by atoms with Crippen LogP contribution in [0.5, 0.6) is 0 Å². The summed E-state index contributed by atoms with van der Waals surface area (Å²) >= 11 is 3.36. The SMILES string of the molecule is O=C(O)c1ccccc1[C@@H]1Nc2c(F)cc(Br)cc2[C@H]2C=CC[C@H]21. The summed E-state index contributed by atoms with van der Waals surface area (Å²) in [5.74, 6) is -1.03. The lowest BCUT2D eigenvalue weighted by atomic mass is 9.76. The molecule has 1 aliphatic heterocycles. The normalized spacial score (nSPS) is 24.2. The number of aromatic carboxylic acids is 1. The minimum Gasteiger partial charge on any atom is -0.478 e. The van der Waals surface area contributed by atoms with Crippen LogP contribution in [-0.4, -0.2) is 11.1 Å². The summed E-state index contributed by atoms with van der Waals surface area (Å²) in [6.07, 6.45) is 5.04. The summed E-state index contributed by atoms with van der Waals surface area (Å²) in [7, 11) is 0. The quantitative estimate of drug-likeness (QED) is 0.703. The van der Waals surface area contributed by atoms with E-state index in [2.05, 4.69) is 33.4 Å². The van der Waals surface area contributed by atoms with Crippen molar-refractivity contribution < 1.29 is 14.3 Å². The Morgan fingerprint density at radius 1 is 1.25 bits per heavy atom. The van der Waals surface area contributed by atoms with E-state index in [4.69, 9.17) is 0 Å². The van der Waals surface area contributed by atoms with Crippen molar-refractivity contribution in [1.82, 2.24) is 0 Å². The highest BCUT2D eigenvalue weighted by Gasteiger charge is 2.40. The molecule has 4 rings (SSSR count). The molecule has 0 saturated carbocycles. The van der Waals surface area contributed by atoms with Gasteiger partial charge in [-0.3, -0.25) is 0 Å². The standard InChI is InChI=1S/C19H15BrFNO2/c20-10-8-15-11-6-3-7-12(11)17(22-18(15)16(21)9-10)13-4-1-2-5-14(13)19(23)24/h1-6,8-9,11-12,17,22H,7H2,(H,23,24)/t11-,12+,17+/m0/s1. The fourth-order valence-corrected chi connectivity index (χ4v) is 4.34. The molecule has 0 saturated heterocycles. The highest BCUT2D eigenvalue weighted by molar-refractivity contribution is 9.10. The third-order valence-corrected chi connectivity index (χ3v) is 5.37. The summed E-state index contributed by atoms with van der Waals surface area (Å²) in [5, 5.41) is 12.8. The number of carbonyl (C=O) groups is 1. The van der Waals surface area contributed by atoms with Gasteiger partial charge in [0.1, 0.15) is 5.82 Å². The van der Waals surface area contributed by atoms with Gasteiger partial charge in [0.25, 0.3) is 0 Å². The third-order valence-electron chi connectivity index (χ3n) is 4.91. The molecule has 2 aromatic carbocycles. The van der Waals surface area contributed by atoms with Crippen LogP contribution in [0.15, 0.2) is 53.0 Å². The lowest BCUT2D eigenvalue weighted by Crippen LogP contribution is -2.31. The average molecular weight is 388 g/mol. The first-order valence-electron chi connectivity index (χ1n) is 7.80. The van der Waals surface area contributed by atoms with Crippen molar-refractivity contribution in [3.63, 3.8) is 0 Å². The monoisotopic (exact) mass is 387 g/mol. The molecule has 0 unspecified atom stereocenters. The van der Waals surface area contributed by atoms with Crippen LogP contribution in [0.25, 0.3) is 0 Å². The molecular weight excluding hydrogens is 373 g/mol. The van der Waals surface area contributed by atoms with Crippen LogP contribution in [0.4, 0.5) is 10.1 Å². The van der Waals surface area contributed by atoms with Crippen LogP contribution in [0.2, 0.25) is 0 Å². The molecule has 0 fully saturated rings. The predicted molar refractivity (Wildman–Crippen MR) is 93.9 cm³/mol. The molecule has 0 aromatic heterocycles. The van der Waals surface area contributed by atoms with Crippen molar-refractivity contribution in [2.24, 2.45) is 5.92 Å². The zero-order valence-corrected chi connectivity index (χ0v) is 14.3. The largest absolute Gasteiger partial charge is 0.478 e. The number of benzene rings is 2. The van der Waals surface area contributed by atoms with E-state index >= 15 is 0 Å². The molecule has 3 nitrogen and oxygen atoms in total. The number of nitrogens with one attached hydrogen (secondary N) is 1. The maximum absolute atomic E-state index is 14.5. The van der Waals surface area contributed by atoms with Gasteiger partial charge in [0.15, 0.2) is 0 Å². The van der Waals surface area contributed by atoms with Gasteiger partial charge in [-0.2, -0.15) is 0 Å². The topological polar surface area (TPSA) is 49.3 Å². The van der Waals surface area contributed by atoms with Gasteiger partial charge in [0, 0.05) is 10.4 Å². The summed E-state index contributed by atoms with van der Waals surface area (Å²) in [4.78, 5) is 11.6. The Morgan fingerprint density at radius 3 is 2.83 bits per heavy atom. The summed E-state index contributed by atoms with van der Waals surface area (Å²) in [6.45, 7) is 0. The van der Waals surface area contributed by atoms with E-state index in [1.807, 2.05) is 18.2 Å². The van der Waals surface area contributed by atoms with E-state index in [1.165, 1.54) is 6.07 Å². The second kappa shape index (κ2) is 5.74. The minimum absolute atomic E-state index is 0.0834. The molecule has 0 amide bonds. The van der Waals surface area contributed by atoms with E-state index in [1.54, 1.807) is 12.1 Å². The lowest BCUT2D eigenvalue weighted by molar-refractivity contribution is 0.0694. The van der Waals surface area contributed by atoms with Gasteiger partial charge < -0.3 is 10.4 Å². The van der Waals surface area contributed by atoms with Gasteiger partial charge in [0.2, 0.25) is 0 Å². The van der Waals surface area contributed by atoms with Crippen LogP contribution in [0.3, 0.4) is 0 Å². The molecule has 2 aliphatic rings. The van der Waals surface area contributed by atoms with Gasteiger partial charge in [-0.15, -0.1) is 0 Å². The van der Waals surface area contributed by atoms with Crippen LogP contribution < -0.4 is 5.32 Å². The van der Waals surface area contributed by atoms with Gasteiger partial charge >= 0.3 is 5.97 Å². The average Bonchev–Trinajstić information content (AvgIpc) is 3.04. The number of halogens is 2. The van der Waals surface area contributed by atoms with Crippen molar-refractivity contribution in [2.75, 3.05) is 5.32 Å². The molecule has 3 atom stereocenters. The maximum Gasteiger partial charge on any atom is 0.336 e. The molecule has 5 heteroatoms. The number of hydrogen-bond donors (Lipinski definition) is 2. The number of rotatable bonds is 2. The van der Waals surface area contributed by atoms with Crippen LogP contribution >= 0.6 is 15.9 Å². The Morgan fingerprint density at radius 2 is 2.04 bits per heavy atom. The second-order valence-corrected chi connectivity index (χ2v) is 7.14. The summed E-state index contributed by atoms with van der Waals surface area (Å²) in [6, 6.07) is 10.1. The number of hydrogen-bond acceptors (Lipinski definition) is 2. The van der Waals surface area contributed by atoms with Gasteiger partial charge in [-0.1, -0.05) is 46.3 Å². The first kappa shape index (κ1) is 15.4. The summed E-state index contributed by atoms with van der Waals surface area (Å²) < 4.78 is 15.2. The van der Waals surface area contributed by atoms with Gasteiger partial charge in [-0.25, -0.2) is 9.18 Å². The molecule has 0 radical (unpaired) electrons. The minimum atomic E-state index is -0.961. The van der Waals surface area contributed by atoms with Crippen molar-refractivity contribution in [3.8, 4) is 0 Å². The smallest absolute Gasteiger partial charge is 0.336 e. The Hall–Kier alpha value is -2.14. The van der Waals surface area contributed by atoms with Crippen LogP contribution in [0.1, 0.15) is 39.9 Å². The maximum atomic E-state index is 14.5. The molecule has 24 heavy (non-hydrogen) atoms. The van der Waals surface area contributed by atoms with Crippen molar-refractivity contribution >= 4 is 27.6 Å². The molecular formula is C19H15BrFNO2. The number of carboxylic acid groups (broad SMARTS) is 1. The number of allylic oxidation sites excluding steroid dienone is 2. The summed E-state index contributed by atoms with van der Waals surface area (Å²) in [5.41, 5.74) is 2.36. The van der Waals surface area contributed by atoms with E-state index in [9.17, 15) is 14.3 Å². The van der Waals surface area contributed by atoms with Crippen molar-refractivity contribution in [3.05, 3.63) is 75.5 Å². The molecule has 0 spiro atoms. The highest BCUT2D eigenvalue weighted by atomic mass is 79.9. The lowest BCUT2D eigenvalue weighted by Gasteiger charge is -2.38. The second-order valence-electron chi connectivity index (χ2n) is 6.22. The Bertz CT molecular complexity index is 864. The third kappa shape index (κ3) is 2.35. The van der Waals surface area contributed by atoms with Crippen molar-refractivity contribution in [1.29, 1.82) is 0 Å². The molecule has 122 valence electrons. The van der Waals surface area contributed by atoms with Crippen LogP contribution in [0, 0.1) is 11.7 Å². The van der Waals surface area contributed by atoms with Crippen LogP contribution in [-0.2, 0) is 0 Å². The van der Waals surface area contributed by atoms with Gasteiger partial charge in [0.05, 0.1) is 17.3 Å². The van der Waals surface area contributed by atoms with E-state index < -0.39 is 5.97 Å². The number of carboxylic acids is 1. The van der Waals surface area contributed by atoms with Crippen molar-refractivity contribution in [2.45, 2.75) is 18.4 Å². The zero-order valence-electron chi connectivity index (χ0n) is 12.7. The first-order valence-corrected chi connectivity index (χ1v) is 8.60. The fraction of sp³-hybridized carbons (Fsp3) is 0.211. The molecule has 2 aromatic rings. The molecule has 2 N–H and O–H groups in total. The zero-order chi connectivity index (χ0) is 16.8. The molecule has 0 bridgehead atoms. The fourth-order valence-electron chi connectivity index (χ4n) is 3.89. The molecule has 1 aliphatic carbocycles. The van der Waals surface area contributed by atoms with E-state index in [0.29, 0.717) is 15.7 Å².